The molecule has 1 heterocycles. The molecule has 15 heavy (non-hydrogen) atoms. The standard InChI is InChI=1S/C8H11F3N2O2/c1-3-13-7(2,6(14)15)4-5(12-13)8(9,10)11/h3-4H2,1-2H3,(H,14,15)/t7-/m0/s1. The molecule has 4 nitrogen and oxygen atoms in total. The Morgan fingerprint density at radius 3 is 2.47 bits per heavy atom. The van der Waals surface area contributed by atoms with Crippen LogP contribution in [0.15, 0.2) is 5.10 Å². The smallest absolute Gasteiger partial charge is 0.431 e. The zero-order chi connectivity index (χ0) is 11.9. The highest BCUT2D eigenvalue weighted by Gasteiger charge is 2.51. The molecule has 0 fully saturated rings. The van der Waals surface area contributed by atoms with Gasteiger partial charge in [0.2, 0.25) is 0 Å². The van der Waals surface area contributed by atoms with Crippen molar-refractivity contribution in [3.05, 3.63) is 0 Å². The average molecular weight is 224 g/mol. The minimum absolute atomic E-state index is 0.127. The van der Waals surface area contributed by atoms with Crippen LogP contribution in [0.25, 0.3) is 0 Å². The van der Waals surface area contributed by atoms with E-state index < -0.39 is 29.8 Å². The van der Waals surface area contributed by atoms with Crippen molar-refractivity contribution in [2.45, 2.75) is 32.0 Å². The highest BCUT2D eigenvalue weighted by atomic mass is 19.4. The summed E-state index contributed by atoms with van der Waals surface area (Å²) in [6.07, 6.45) is -5.17. The number of rotatable bonds is 2. The lowest BCUT2D eigenvalue weighted by Gasteiger charge is -2.28. The average Bonchev–Trinajstić information content (AvgIpc) is 2.43. The van der Waals surface area contributed by atoms with E-state index in [0.29, 0.717) is 0 Å². The molecule has 7 heteroatoms. The molecule has 1 aliphatic heterocycles. The van der Waals surface area contributed by atoms with Gasteiger partial charge in [-0.15, -0.1) is 0 Å². The quantitative estimate of drug-likeness (QED) is 0.772. The van der Waals surface area contributed by atoms with Crippen molar-refractivity contribution < 1.29 is 23.1 Å². The van der Waals surface area contributed by atoms with Crippen molar-refractivity contribution in [3.8, 4) is 0 Å². The first kappa shape index (κ1) is 11.8. The first-order valence-electron chi connectivity index (χ1n) is 4.37. The highest BCUT2D eigenvalue weighted by molar-refractivity contribution is 5.97. The zero-order valence-electron chi connectivity index (χ0n) is 8.30. The van der Waals surface area contributed by atoms with Crippen molar-refractivity contribution in [1.82, 2.24) is 5.01 Å². The fraction of sp³-hybridized carbons (Fsp3) is 0.750. The maximum atomic E-state index is 12.3. The predicted molar refractivity (Wildman–Crippen MR) is 46.5 cm³/mol. The SMILES string of the molecule is CCN1N=C(C(F)(F)F)C[C@@]1(C)C(=O)O. The number of carboxylic acids is 1. The van der Waals surface area contributed by atoms with Crippen LogP contribution < -0.4 is 0 Å². The van der Waals surface area contributed by atoms with Gasteiger partial charge in [0.25, 0.3) is 0 Å². The summed E-state index contributed by atoms with van der Waals surface area (Å²) in [6.45, 7) is 2.92. The van der Waals surface area contributed by atoms with Crippen LogP contribution in [-0.4, -0.2) is 40.1 Å². The summed E-state index contributed by atoms with van der Waals surface area (Å²) < 4.78 is 37.0. The van der Waals surface area contributed by atoms with Gasteiger partial charge in [0.1, 0.15) is 5.71 Å². The van der Waals surface area contributed by atoms with Gasteiger partial charge >= 0.3 is 12.1 Å². The van der Waals surface area contributed by atoms with Crippen molar-refractivity contribution in [2.75, 3.05) is 6.54 Å². The molecule has 0 saturated carbocycles. The number of likely N-dealkylation sites (N-methyl/N-ethyl adjacent to an activating group) is 1. The summed E-state index contributed by atoms with van der Waals surface area (Å²) in [7, 11) is 0. The van der Waals surface area contributed by atoms with Crippen LogP contribution in [0, 0.1) is 0 Å². The van der Waals surface area contributed by atoms with Crippen LogP contribution in [0.4, 0.5) is 13.2 Å². The molecule has 0 aliphatic carbocycles. The molecular weight excluding hydrogens is 213 g/mol. The van der Waals surface area contributed by atoms with Crippen LogP contribution in [0.2, 0.25) is 0 Å². The molecule has 1 N–H and O–H groups in total. The molecule has 0 saturated heterocycles. The van der Waals surface area contributed by atoms with E-state index in [4.69, 9.17) is 5.11 Å². The molecule has 0 radical (unpaired) electrons. The van der Waals surface area contributed by atoms with E-state index in [9.17, 15) is 18.0 Å². The van der Waals surface area contributed by atoms with E-state index in [1.54, 1.807) is 6.92 Å². The fourth-order valence-corrected chi connectivity index (χ4v) is 1.47. The number of hydrogen-bond acceptors (Lipinski definition) is 3. The Bertz CT molecular complexity index is 313. The first-order chi connectivity index (χ1) is 6.71. The normalized spacial score (nSPS) is 26.7. The maximum absolute atomic E-state index is 12.3. The van der Waals surface area contributed by atoms with Gasteiger partial charge in [0, 0.05) is 13.0 Å². The Kier molecular flexibility index (Phi) is 2.67. The molecule has 0 spiro atoms. The molecule has 0 amide bonds. The minimum Gasteiger partial charge on any atom is -0.479 e. The number of aliphatic carboxylic acids is 1. The van der Waals surface area contributed by atoms with Crippen LogP contribution in [-0.2, 0) is 4.79 Å². The van der Waals surface area contributed by atoms with Gasteiger partial charge in [-0.3, -0.25) is 5.01 Å². The molecule has 0 aromatic rings. The third kappa shape index (κ3) is 1.91. The highest BCUT2D eigenvalue weighted by Crippen LogP contribution is 2.33. The summed E-state index contributed by atoms with van der Waals surface area (Å²) in [5, 5.41) is 13.1. The summed E-state index contributed by atoms with van der Waals surface area (Å²) in [5.74, 6) is -1.30. The lowest BCUT2D eigenvalue weighted by molar-refractivity contribution is -0.149. The Balaban J connectivity index is 3.00. The summed E-state index contributed by atoms with van der Waals surface area (Å²) in [5.41, 5.74) is -2.62. The second kappa shape index (κ2) is 3.39. The number of carboxylic acid groups (broad SMARTS) is 1. The van der Waals surface area contributed by atoms with Gasteiger partial charge in [0.15, 0.2) is 5.54 Å². The van der Waals surface area contributed by atoms with E-state index in [1.165, 1.54) is 6.92 Å². The van der Waals surface area contributed by atoms with Gasteiger partial charge in [-0.2, -0.15) is 18.3 Å². The van der Waals surface area contributed by atoms with E-state index in [0.717, 1.165) is 5.01 Å². The second-order valence-electron chi connectivity index (χ2n) is 3.52. The van der Waals surface area contributed by atoms with Gasteiger partial charge < -0.3 is 5.11 Å². The van der Waals surface area contributed by atoms with Gasteiger partial charge in [-0.1, -0.05) is 0 Å². The Morgan fingerprint density at radius 1 is 1.67 bits per heavy atom. The Hall–Kier alpha value is -1.27. The van der Waals surface area contributed by atoms with Crippen LogP contribution in [0.5, 0.6) is 0 Å². The number of halogens is 3. The van der Waals surface area contributed by atoms with E-state index in [-0.39, 0.29) is 6.54 Å². The summed E-state index contributed by atoms with van der Waals surface area (Å²) in [4.78, 5) is 10.9. The lowest BCUT2D eigenvalue weighted by atomic mass is 9.96. The van der Waals surface area contributed by atoms with E-state index in [1.807, 2.05) is 0 Å². The molecule has 86 valence electrons. The van der Waals surface area contributed by atoms with E-state index >= 15 is 0 Å². The summed E-state index contributed by atoms with van der Waals surface area (Å²) in [6, 6.07) is 0. The monoisotopic (exact) mass is 224 g/mol. The van der Waals surface area contributed by atoms with Crippen molar-refractivity contribution in [1.29, 1.82) is 0 Å². The Labute approximate surface area is 84.4 Å². The van der Waals surface area contributed by atoms with Crippen molar-refractivity contribution in [2.24, 2.45) is 5.10 Å². The topological polar surface area (TPSA) is 52.9 Å². The number of hydrazone groups is 1. The fourth-order valence-electron chi connectivity index (χ4n) is 1.47. The molecule has 1 aliphatic rings. The number of hydrogen-bond donors (Lipinski definition) is 1. The Morgan fingerprint density at radius 2 is 2.20 bits per heavy atom. The van der Waals surface area contributed by atoms with E-state index in [2.05, 4.69) is 5.10 Å². The molecule has 0 aromatic heterocycles. The third-order valence-corrected chi connectivity index (χ3v) is 2.41. The molecule has 1 rings (SSSR count). The first-order valence-corrected chi connectivity index (χ1v) is 4.37. The van der Waals surface area contributed by atoms with Crippen LogP contribution >= 0.6 is 0 Å². The second-order valence-corrected chi connectivity index (χ2v) is 3.52. The zero-order valence-corrected chi connectivity index (χ0v) is 8.30. The maximum Gasteiger partial charge on any atom is 0.431 e. The van der Waals surface area contributed by atoms with Crippen molar-refractivity contribution >= 4 is 11.7 Å². The third-order valence-electron chi connectivity index (χ3n) is 2.41. The summed E-state index contributed by atoms with van der Waals surface area (Å²) >= 11 is 0. The van der Waals surface area contributed by atoms with Crippen molar-refractivity contribution in [3.63, 3.8) is 0 Å². The molecular formula is C8H11F3N2O2. The van der Waals surface area contributed by atoms with Gasteiger partial charge in [-0.25, -0.2) is 4.79 Å². The molecule has 0 aromatic carbocycles. The minimum atomic E-state index is -4.55. The molecule has 1 atom stereocenters. The molecule has 0 unspecified atom stereocenters. The van der Waals surface area contributed by atoms with Crippen LogP contribution in [0.1, 0.15) is 20.3 Å². The van der Waals surface area contributed by atoms with Gasteiger partial charge in [0.05, 0.1) is 0 Å². The number of carbonyl (C=O) groups is 1. The van der Waals surface area contributed by atoms with Crippen LogP contribution in [0.3, 0.4) is 0 Å². The molecule has 0 bridgehead atoms. The van der Waals surface area contributed by atoms with Gasteiger partial charge in [-0.05, 0) is 13.8 Å². The lowest BCUT2D eigenvalue weighted by Crippen LogP contribution is -2.47. The largest absolute Gasteiger partial charge is 0.479 e. The number of alkyl halides is 3. The predicted octanol–water partition coefficient (Wildman–Crippen LogP) is 1.47. The number of nitrogens with zero attached hydrogens (tertiary/aromatic N) is 2.